The first kappa shape index (κ1) is 9.28. The average molecular weight is 181 g/mol. The summed E-state index contributed by atoms with van der Waals surface area (Å²) in [6.07, 6.45) is 3.76. The van der Waals surface area contributed by atoms with E-state index in [1.54, 1.807) is 0 Å². The summed E-state index contributed by atoms with van der Waals surface area (Å²) in [5.74, 6) is 0. The van der Waals surface area contributed by atoms with Crippen molar-refractivity contribution < 1.29 is 0 Å². The number of allylic oxidation sites excluding steroid dienone is 2. The van der Waals surface area contributed by atoms with E-state index in [0.717, 1.165) is 0 Å². The van der Waals surface area contributed by atoms with Gasteiger partial charge in [0.15, 0.2) is 0 Å². The van der Waals surface area contributed by atoms with Crippen LogP contribution in [0.2, 0.25) is 0 Å². The third-order valence-electron chi connectivity index (χ3n) is 0.778. The van der Waals surface area contributed by atoms with E-state index in [-0.39, 0.29) is 0 Å². The second-order valence-corrected chi connectivity index (χ2v) is 8.02. The van der Waals surface area contributed by atoms with Crippen LogP contribution in [0.3, 0.4) is 0 Å². The molecule has 0 saturated heterocycles. The van der Waals surface area contributed by atoms with Crippen molar-refractivity contribution in [2.75, 3.05) is 0 Å². The molecule has 0 radical (unpaired) electrons. The Bertz CT molecular complexity index is 113. The first-order valence-electron chi connectivity index (χ1n) is 2.78. The predicted octanol–water partition coefficient (Wildman–Crippen LogP) is 3.14. The topological polar surface area (TPSA) is 0 Å². The Hall–Kier alpha value is 0.277. The molecular weight excluding hydrogens is 171 g/mol. The van der Waals surface area contributed by atoms with Gasteiger partial charge < -0.3 is 0 Å². The maximum atomic E-state index is 5.87. The van der Waals surface area contributed by atoms with Crippen LogP contribution in [0.5, 0.6) is 0 Å². The van der Waals surface area contributed by atoms with Crippen molar-refractivity contribution in [3.05, 3.63) is 23.6 Å². The molecule has 0 heterocycles. The molecule has 0 spiro atoms. The fourth-order valence-electron chi connectivity index (χ4n) is 0.500. The van der Waals surface area contributed by atoms with E-state index in [9.17, 15) is 0 Å². The minimum Gasteiger partial charge on any atom is -0.135 e. The van der Waals surface area contributed by atoms with Crippen molar-refractivity contribution in [3.63, 3.8) is 0 Å². The normalized spacial score (nSPS) is 13.8. The molecule has 9 heavy (non-hydrogen) atoms. The quantitative estimate of drug-likeness (QED) is 0.453. The van der Waals surface area contributed by atoms with Gasteiger partial charge in [-0.3, -0.25) is 0 Å². The number of hydrogen-bond acceptors (Lipinski definition) is 0. The van der Waals surface area contributed by atoms with Gasteiger partial charge in [0.2, 0.25) is 0 Å². The second kappa shape index (κ2) is 4.15. The number of rotatable bonds is 2. The zero-order chi connectivity index (χ0) is 7.33. The lowest BCUT2D eigenvalue weighted by Gasteiger charge is -2.02. The van der Waals surface area contributed by atoms with E-state index in [1.165, 1.54) is 0 Å². The SMILES string of the molecule is CC=C[Si](Cl)(Cl)C=CC. The lowest BCUT2D eigenvalue weighted by atomic mass is 10.8. The molecule has 0 aliphatic heterocycles. The maximum Gasteiger partial charge on any atom is 0.295 e. The molecule has 0 aromatic heterocycles. The summed E-state index contributed by atoms with van der Waals surface area (Å²) in [6, 6.07) is 0. The Balaban J connectivity index is 4.01. The highest BCUT2D eigenvalue weighted by Crippen LogP contribution is 2.17. The third kappa shape index (κ3) is 4.76. The van der Waals surface area contributed by atoms with Gasteiger partial charge in [0.1, 0.15) is 0 Å². The van der Waals surface area contributed by atoms with E-state index in [0.29, 0.717) is 0 Å². The molecule has 0 nitrogen and oxygen atoms in total. The Morgan fingerprint density at radius 1 is 1.00 bits per heavy atom. The monoisotopic (exact) mass is 180 g/mol. The zero-order valence-electron chi connectivity index (χ0n) is 5.57. The Morgan fingerprint density at radius 3 is 1.56 bits per heavy atom. The molecule has 0 aromatic carbocycles. The molecule has 0 rings (SSSR count). The highest BCUT2D eigenvalue weighted by atomic mass is 35.7. The van der Waals surface area contributed by atoms with Crippen LogP contribution in [0, 0.1) is 0 Å². The fourth-order valence-corrected chi connectivity index (χ4v) is 3.01. The molecule has 0 unspecified atom stereocenters. The smallest absolute Gasteiger partial charge is 0.135 e. The Kier molecular flexibility index (Phi) is 4.28. The lowest BCUT2D eigenvalue weighted by Crippen LogP contribution is -2.10. The summed E-state index contributed by atoms with van der Waals surface area (Å²) in [4.78, 5) is 0. The fraction of sp³-hybridized carbons (Fsp3) is 0.333. The van der Waals surface area contributed by atoms with Gasteiger partial charge in [-0.1, -0.05) is 23.6 Å². The standard InChI is InChI=1S/C6H10Cl2Si/c1-3-5-9(7,8)6-4-2/h3-6H,1-2H3. The number of halogens is 2. The Labute approximate surface area is 66.6 Å². The largest absolute Gasteiger partial charge is 0.295 e. The van der Waals surface area contributed by atoms with Crippen molar-refractivity contribution in [2.24, 2.45) is 0 Å². The highest BCUT2D eigenvalue weighted by molar-refractivity contribution is 7.49. The summed E-state index contributed by atoms with van der Waals surface area (Å²) in [5.41, 5.74) is 3.71. The summed E-state index contributed by atoms with van der Waals surface area (Å²) >= 11 is 11.7. The van der Waals surface area contributed by atoms with Crippen molar-refractivity contribution >= 4 is 28.9 Å². The molecule has 0 bridgehead atoms. The van der Waals surface area contributed by atoms with Crippen molar-refractivity contribution in [2.45, 2.75) is 13.8 Å². The van der Waals surface area contributed by atoms with E-state index < -0.39 is 6.69 Å². The lowest BCUT2D eigenvalue weighted by molar-refractivity contribution is 1.76. The van der Waals surface area contributed by atoms with Gasteiger partial charge in [-0.15, -0.1) is 22.2 Å². The molecule has 0 atom stereocenters. The molecule has 3 heteroatoms. The van der Waals surface area contributed by atoms with Crippen LogP contribution in [-0.2, 0) is 0 Å². The predicted molar refractivity (Wildman–Crippen MR) is 47.1 cm³/mol. The van der Waals surface area contributed by atoms with Gasteiger partial charge in [-0.2, -0.15) is 0 Å². The summed E-state index contributed by atoms with van der Waals surface area (Å²) in [6.45, 7) is 1.71. The van der Waals surface area contributed by atoms with E-state index in [2.05, 4.69) is 0 Å². The molecule has 0 aliphatic rings. The van der Waals surface area contributed by atoms with Crippen molar-refractivity contribution in [3.8, 4) is 0 Å². The van der Waals surface area contributed by atoms with Crippen LogP contribution in [-0.4, -0.2) is 6.69 Å². The van der Waals surface area contributed by atoms with Crippen molar-refractivity contribution in [1.82, 2.24) is 0 Å². The minimum atomic E-state index is -2.12. The Morgan fingerprint density at radius 2 is 1.33 bits per heavy atom. The second-order valence-electron chi connectivity index (χ2n) is 1.67. The highest BCUT2D eigenvalue weighted by Gasteiger charge is 2.18. The van der Waals surface area contributed by atoms with E-state index >= 15 is 0 Å². The molecule has 0 fully saturated rings. The number of hydrogen-bond donors (Lipinski definition) is 0. The average Bonchev–Trinajstić information content (AvgIpc) is 1.64. The van der Waals surface area contributed by atoms with Crippen molar-refractivity contribution in [1.29, 1.82) is 0 Å². The van der Waals surface area contributed by atoms with Crippen LogP contribution < -0.4 is 0 Å². The minimum absolute atomic E-state index is 1.86. The van der Waals surface area contributed by atoms with Gasteiger partial charge in [0.25, 0.3) is 6.69 Å². The summed E-state index contributed by atoms with van der Waals surface area (Å²) in [5, 5.41) is 0. The van der Waals surface area contributed by atoms with Crippen LogP contribution in [0.4, 0.5) is 0 Å². The first-order chi connectivity index (χ1) is 4.12. The molecule has 52 valence electrons. The molecule has 0 amide bonds. The van der Waals surface area contributed by atoms with Gasteiger partial charge in [-0.25, -0.2) is 0 Å². The van der Waals surface area contributed by atoms with Crippen LogP contribution in [0.1, 0.15) is 13.8 Å². The summed E-state index contributed by atoms with van der Waals surface area (Å²) in [7, 11) is 0. The van der Waals surface area contributed by atoms with Gasteiger partial charge in [0.05, 0.1) is 0 Å². The van der Waals surface area contributed by atoms with Crippen LogP contribution in [0.25, 0.3) is 0 Å². The first-order valence-corrected chi connectivity index (χ1v) is 6.96. The van der Waals surface area contributed by atoms with Crippen LogP contribution in [0.15, 0.2) is 23.6 Å². The zero-order valence-corrected chi connectivity index (χ0v) is 8.08. The third-order valence-corrected chi connectivity index (χ3v) is 3.85. The van der Waals surface area contributed by atoms with E-state index in [1.807, 2.05) is 37.4 Å². The molecule has 0 aliphatic carbocycles. The molecule has 0 N–H and O–H groups in total. The van der Waals surface area contributed by atoms with Gasteiger partial charge in [-0.05, 0) is 13.8 Å². The van der Waals surface area contributed by atoms with Crippen LogP contribution >= 0.6 is 22.2 Å². The summed E-state index contributed by atoms with van der Waals surface area (Å²) < 4.78 is 0. The molecular formula is C6H10Cl2Si. The van der Waals surface area contributed by atoms with Gasteiger partial charge in [0, 0.05) is 0 Å². The van der Waals surface area contributed by atoms with Gasteiger partial charge >= 0.3 is 0 Å². The van der Waals surface area contributed by atoms with E-state index in [4.69, 9.17) is 22.2 Å². The molecule has 0 aromatic rings. The maximum absolute atomic E-state index is 5.87. The molecule has 0 saturated carbocycles.